The lowest BCUT2D eigenvalue weighted by molar-refractivity contribution is -0.114. The molecule has 1 N–H and O–H groups in total. The third-order valence-corrected chi connectivity index (χ3v) is 3.38. The molecule has 112 valence electrons. The molecular formula is C14H11Cl2N5O. The molecule has 0 atom stereocenters. The Morgan fingerprint density at radius 2 is 2.00 bits per heavy atom. The molecule has 0 saturated heterocycles. The van der Waals surface area contributed by atoms with Crippen molar-refractivity contribution < 1.29 is 4.79 Å². The quantitative estimate of drug-likeness (QED) is 0.928. The Kier molecular flexibility index (Phi) is 5.15. The Labute approximate surface area is 137 Å². The number of likely N-dealkylation sites (N-methyl/N-ethyl adjacent to an activating group) is 1. The molecule has 0 bridgehead atoms. The number of amides is 1. The zero-order valence-electron chi connectivity index (χ0n) is 11.5. The van der Waals surface area contributed by atoms with Gasteiger partial charge in [-0.15, -0.1) is 0 Å². The van der Waals surface area contributed by atoms with Crippen LogP contribution in [0.2, 0.25) is 10.0 Å². The molecule has 1 heterocycles. The predicted molar refractivity (Wildman–Crippen MR) is 85.1 cm³/mol. The van der Waals surface area contributed by atoms with E-state index in [2.05, 4.69) is 15.3 Å². The summed E-state index contributed by atoms with van der Waals surface area (Å²) in [4.78, 5) is 21.6. The molecule has 2 rings (SSSR count). The summed E-state index contributed by atoms with van der Waals surface area (Å²) in [5.74, 6) is 0.170. The van der Waals surface area contributed by atoms with Crippen LogP contribution in [-0.4, -0.2) is 29.5 Å². The summed E-state index contributed by atoms with van der Waals surface area (Å²) in [6.07, 6.45) is 2.77. The van der Waals surface area contributed by atoms with Crippen molar-refractivity contribution in [1.82, 2.24) is 9.97 Å². The van der Waals surface area contributed by atoms with Crippen LogP contribution < -0.4 is 10.2 Å². The Morgan fingerprint density at radius 3 is 2.55 bits per heavy atom. The summed E-state index contributed by atoms with van der Waals surface area (Å²) >= 11 is 12.0. The lowest BCUT2D eigenvalue weighted by Gasteiger charge is -2.17. The van der Waals surface area contributed by atoms with Crippen molar-refractivity contribution in [3.63, 3.8) is 0 Å². The summed E-state index contributed by atoms with van der Waals surface area (Å²) < 4.78 is 0. The Morgan fingerprint density at radius 1 is 1.32 bits per heavy atom. The van der Waals surface area contributed by atoms with E-state index in [1.54, 1.807) is 30.1 Å². The molecule has 2 aromatic rings. The first kappa shape index (κ1) is 16.0. The van der Waals surface area contributed by atoms with E-state index in [0.29, 0.717) is 21.6 Å². The maximum atomic E-state index is 12.1. The minimum Gasteiger partial charge on any atom is -0.349 e. The molecule has 0 unspecified atom stereocenters. The molecule has 0 fully saturated rings. The number of halogens is 2. The second kappa shape index (κ2) is 7.07. The highest BCUT2D eigenvalue weighted by Crippen LogP contribution is 2.29. The SMILES string of the molecule is CN(CC(=O)Nc1c(Cl)cccc1Cl)c1cnc(C#N)cn1. The third-order valence-electron chi connectivity index (χ3n) is 2.75. The molecule has 1 aromatic heterocycles. The third kappa shape index (κ3) is 3.85. The number of carbonyl (C=O) groups is 1. The molecule has 6 nitrogen and oxygen atoms in total. The van der Waals surface area contributed by atoms with Gasteiger partial charge in [0.15, 0.2) is 5.69 Å². The van der Waals surface area contributed by atoms with Gasteiger partial charge in [-0.2, -0.15) is 5.26 Å². The fourth-order valence-corrected chi connectivity index (χ4v) is 2.16. The number of rotatable bonds is 4. The van der Waals surface area contributed by atoms with E-state index in [9.17, 15) is 4.79 Å². The van der Waals surface area contributed by atoms with Gasteiger partial charge in [-0.25, -0.2) is 9.97 Å². The van der Waals surface area contributed by atoms with Crippen LogP contribution in [0, 0.1) is 11.3 Å². The maximum absolute atomic E-state index is 12.1. The molecule has 1 aromatic carbocycles. The highest BCUT2D eigenvalue weighted by Gasteiger charge is 2.13. The van der Waals surface area contributed by atoms with E-state index < -0.39 is 0 Å². The molecule has 8 heteroatoms. The van der Waals surface area contributed by atoms with E-state index in [0.717, 1.165) is 0 Å². The minimum absolute atomic E-state index is 0.0299. The van der Waals surface area contributed by atoms with Crippen LogP contribution in [0.5, 0.6) is 0 Å². The Balaban J connectivity index is 2.03. The topological polar surface area (TPSA) is 81.9 Å². The van der Waals surface area contributed by atoms with Crippen LogP contribution >= 0.6 is 23.2 Å². The predicted octanol–water partition coefficient (Wildman–Crippen LogP) is 2.73. The molecule has 0 radical (unpaired) electrons. The van der Waals surface area contributed by atoms with Crippen molar-refractivity contribution in [2.45, 2.75) is 0 Å². The molecule has 0 saturated carbocycles. The van der Waals surface area contributed by atoms with E-state index in [1.807, 2.05) is 6.07 Å². The first-order chi connectivity index (χ1) is 10.5. The second-order valence-corrected chi connectivity index (χ2v) is 5.19. The molecule has 0 aliphatic carbocycles. The maximum Gasteiger partial charge on any atom is 0.244 e. The zero-order valence-corrected chi connectivity index (χ0v) is 13.1. The molecular weight excluding hydrogens is 325 g/mol. The van der Waals surface area contributed by atoms with Gasteiger partial charge in [0.1, 0.15) is 11.9 Å². The Hall–Kier alpha value is -2.36. The normalized spacial score (nSPS) is 9.91. The second-order valence-electron chi connectivity index (χ2n) is 4.37. The molecule has 0 spiro atoms. The summed E-state index contributed by atoms with van der Waals surface area (Å²) in [6.45, 7) is 0.0299. The molecule has 0 aliphatic heterocycles. The number of benzene rings is 1. The van der Waals surface area contributed by atoms with E-state index in [1.165, 1.54) is 12.4 Å². The van der Waals surface area contributed by atoms with Gasteiger partial charge in [-0.05, 0) is 12.1 Å². The summed E-state index contributed by atoms with van der Waals surface area (Å²) in [6, 6.07) is 6.85. The van der Waals surface area contributed by atoms with Gasteiger partial charge in [0.05, 0.1) is 34.7 Å². The molecule has 1 amide bonds. The molecule has 0 aliphatic rings. The van der Waals surface area contributed by atoms with Gasteiger partial charge in [-0.1, -0.05) is 29.3 Å². The average molecular weight is 336 g/mol. The van der Waals surface area contributed by atoms with Crippen LogP contribution in [0.3, 0.4) is 0 Å². The van der Waals surface area contributed by atoms with Gasteiger partial charge in [0, 0.05) is 7.05 Å². The standard InChI is InChI=1S/C14H11Cl2N5O/c1-21(12-7-18-9(5-17)6-19-12)8-13(22)20-14-10(15)3-2-4-11(14)16/h2-4,6-7H,8H2,1H3,(H,20,22). The summed E-state index contributed by atoms with van der Waals surface area (Å²) in [5, 5.41) is 12.1. The first-order valence-electron chi connectivity index (χ1n) is 6.18. The van der Waals surface area contributed by atoms with Crippen molar-refractivity contribution in [2.24, 2.45) is 0 Å². The van der Waals surface area contributed by atoms with Crippen LogP contribution in [0.25, 0.3) is 0 Å². The Bertz CT molecular complexity index is 707. The number of nitrogens with one attached hydrogen (secondary N) is 1. The van der Waals surface area contributed by atoms with Crippen molar-refractivity contribution in [3.8, 4) is 6.07 Å². The van der Waals surface area contributed by atoms with Crippen molar-refractivity contribution in [1.29, 1.82) is 5.26 Å². The van der Waals surface area contributed by atoms with Crippen LogP contribution in [0.4, 0.5) is 11.5 Å². The van der Waals surface area contributed by atoms with Crippen LogP contribution in [-0.2, 0) is 4.79 Å². The number of hydrogen-bond acceptors (Lipinski definition) is 5. The van der Waals surface area contributed by atoms with E-state index in [-0.39, 0.29) is 18.1 Å². The van der Waals surface area contributed by atoms with E-state index >= 15 is 0 Å². The van der Waals surface area contributed by atoms with Gasteiger partial charge in [0.25, 0.3) is 0 Å². The average Bonchev–Trinajstić information content (AvgIpc) is 2.51. The van der Waals surface area contributed by atoms with E-state index in [4.69, 9.17) is 28.5 Å². The number of anilines is 2. The monoisotopic (exact) mass is 335 g/mol. The largest absolute Gasteiger partial charge is 0.349 e. The number of nitriles is 1. The number of para-hydroxylation sites is 1. The fraction of sp³-hybridized carbons (Fsp3) is 0.143. The van der Waals surface area contributed by atoms with Crippen LogP contribution in [0.15, 0.2) is 30.6 Å². The minimum atomic E-state index is -0.302. The van der Waals surface area contributed by atoms with Gasteiger partial charge in [-0.3, -0.25) is 4.79 Å². The fourth-order valence-electron chi connectivity index (χ4n) is 1.67. The number of hydrogen-bond donors (Lipinski definition) is 1. The highest BCUT2D eigenvalue weighted by molar-refractivity contribution is 6.39. The summed E-state index contributed by atoms with van der Waals surface area (Å²) in [5.41, 5.74) is 0.583. The number of carbonyl (C=O) groups excluding carboxylic acids is 1. The first-order valence-corrected chi connectivity index (χ1v) is 6.94. The highest BCUT2D eigenvalue weighted by atomic mass is 35.5. The number of nitrogens with zero attached hydrogens (tertiary/aromatic N) is 4. The van der Waals surface area contributed by atoms with Crippen molar-refractivity contribution in [2.75, 3.05) is 23.8 Å². The lowest BCUT2D eigenvalue weighted by Crippen LogP contribution is -2.30. The zero-order chi connectivity index (χ0) is 16.1. The van der Waals surface area contributed by atoms with Gasteiger partial charge in [0.2, 0.25) is 5.91 Å². The lowest BCUT2D eigenvalue weighted by atomic mass is 10.3. The summed E-state index contributed by atoms with van der Waals surface area (Å²) in [7, 11) is 1.68. The van der Waals surface area contributed by atoms with Crippen molar-refractivity contribution >= 4 is 40.6 Å². The smallest absolute Gasteiger partial charge is 0.244 e. The molecule has 22 heavy (non-hydrogen) atoms. The number of aromatic nitrogens is 2. The van der Waals surface area contributed by atoms with Gasteiger partial charge >= 0.3 is 0 Å². The van der Waals surface area contributed by atoms with Gasteiger partial charge < -0.3 is 10.2 Å². The van der Waals surface area contributed by atoms with Crippen LogP contribution in [0.1, 0.15) is 5.69 Å². The van der Waals surface area contributed by atoms with Crippen molar-refractivity contribution in [3.05, 3.63) is 46.3 Å².